The van der Waals surface area contributed by atoms with Gasteiger partial charge in [0.15, 0.2) is 0 Å². The van der Waals surface area contributed by atoms with E-state index in [1.54, 1.807) is 7.11 Å². The van der Waals surface area contributed by atoms with Crippen molar-refractivity contribution in [3.05, 3.63) is 12.1 Å². The number of ether oxygens (including phenoxy) is 3. The van der Waals surface area contributed by atoms with Gasteiger partial charge in [0.1, 0.15) is 5.82 Å². The van der Waals surface area contributed by atoms with Crippen LogP contribution in [0.3, 0.4) is 0 Å². The first-order valence-electron chi connectivity index (χ1n) is 6.99. The highest BCUT2D eigenvalue weighted by Gasteiger charge is 2.22. The van der Waals surface area contributed by atoms with E-state index < -0.39 is 0 Å². The molecule has 0 aliphatic heterocycles. The first-order chi connectivity index (χ1) is 9.79. The number of hydrogen-bond acceptors (Lipinski definition) is 6. The third-order valence-corrected chi connectivity index (χ3v) is 3.03. The predicted molar refractivity (Wildman–Crippen MR) is 78.1 cm³/mol. The average Bonchev–Trinajstić information content (AvgIpc) is 3.27. The number of nitrogens with two attached hydrogens (primary N) is 1. The molecule has 1 aliphatic rings. The van der Waals surface area contributed by atoms with Crippen molar-refractivity contribution in [2.24, 2.45) is 5.92 Å². The normalized spacial score (nSPS) is 14.2. The zero-order valence-electron chi connectivity index (χ0n) is 11.9. The Bertz CT molecular complexity index is 411. The minimum absolute atomic E-state index is 0.516. The van der Waals surface area contributed by atoms with Crippen molar-refractivity contribution in [1.29, 1.82) is 0 Å². The summed E-state index contributed by atoms with van der Waals surface area (Å²) >= 11 is 0. The molecule has 3 N–H and O–H groups in total. The highest BCUT2D eigenvalue weighted by atomic mass is 16.5. The van der Waals surface area contributed by atoms with Crippen LogP contribution in [0.1, 0.15) is 12.8 Å². The van der Waals surface area contributed by atoms with E-state index >= 15 is 0 Å². The SMILES string of the molecule is COCCOCCNc1ccc(N)c(OCC2CC2)n1. The van der Waals surface area contributed by atoms with Crippen molar-refractivity contribution in [1.82, 2.24) is 4.98 Å². The molecule has 112 valence electrons. The van der Waals surface area contributed by atoms with Crippen molar-refractivity contribution >= 4 is 11.5 Å². The second-order valence-electron chi connectivity index (χ2n) is 4.88. The number of pyridine rings is 1. The van der Waals surface area contributed by atoms with Crippen LogP contribution in [0.25, 0.3) is 0 Å². The third kappa shape index (κ3) is 5.22. The Morgan fingerprint density at radius 3 is 2.90 bits per heavy atom. The second-order valence-corrected chi connectivity index (χ2v) is 4.88. The minimum atomic E-state index is 0.516. The summed E-state index contributed by atoms with van der Waals surface area (Å²) in [7, 11) is 1.66. The maximum absolute atomic E-state index is 5.85. The average molecular weight is 281 g/mol. The fourth-order valence-electron chi connectivity index (χ4n) is 1.64. The van der Waals surface area contributed by atoms with Crippen molar-refractivity contribution in [3.8, 4) is 5.88 Å². The smallest absolute Gasteiger partial charge is 0.239 e. The second kappa shape index (κ2) is 7.91. The largest absolute Gasteiger partial charge is 0.476 e. The number of nitrogens with zero attached hydrogens (tertiary/aromatic N) is 1. The molecule has 0 radical (unpaired) electrons. The molecule has 1 saturated carbocycles. The number of hydrogen-bond donors (Lipinski definition) is 2. The Morgan fingerprint density at radius 2 is 2.15 bits per heavy atom. The number of rotatable bonds is 10. The first kappa shape index (κ1) is 14.9. The fraction of sp³-hybridized carbons (Fsp3) is 0.643. The molecule has 1 fully saturated rings. The first-order valence-corrected chi connectivity index (χ1v) is 6.99. The van der Waals surface area contributed by atoms with Crippen LogP contribution in [0, 0.1) is 5.92 Å². The van der Waals surface area contributed by atoms with Crippen molar-refractivity contribution in [2.45, 2.75) is 12.8 Å². The van der Waals surface area contributed by atoms with Gasteiger partial charge in [0, 0.05) is 13.7 Å². The standard InChI is InChI=1S/C14H23N3O3/c1-18-8-9-19-7-6-16-13-5-4-12(15)14(17-13)20-10-11-2-3-11/h4-5,11H,2-3,6-10,15H2,1H3,(H,16,17). The Labute approximate surface area is 119 Å². The van der Waals surface area contributed by atoms with Crippen LogP contribution in [0.4, 0.5) is 11.5 Å². The minimum Gasteiger partial charge on any atom is -0.476 e. The molecule has 20 heavy (non-hydrogen) atoms. The lowest BCUT2D eigenvalue weighted by Crippen LogP contribution is -2.13. The molecule has 1 heterocycles. The maximum atomic E-state index is 5.85. The lowest BCUT2D eigenvalue weighted by molar-refractivity contribution is 0.0759. The number of aromatic nitrogens is 1. The number of anilines is 2. The van der Waals surface area contributed by atoms with Crippen molar-refractivity contribution in [3.63, 3.8) is 0 Å². The third-order valence-electron chi connectivity index (χ3n) is 3.03. The van der Waals surface area contributed by atoms with Gasteiger partial charge in [-0.25, -0.2) is 0 Å². The van der Waals surface area contributed by atoms with Crippen molar-refractivity contribution in [2.75, 3.05) is 51.1 Å². The van der Waals surface area contributed by atoms with E-state index in [0.717, 1.165) is 5.82 Å². The molecule has 1 aromatic heterocycles. The van der Waals surface area contributed by atoms with E-state index in [1.807, 2.05) is 12.1 Å². The molecule has 1 aliphatic carbocycles. The summed E-state index contributed by atoms with van der Waals surface area (Å²) in [5.41, 5.74) is 6.43. The Hall–Kier alpha value is -1.53. The van der Waals surface area contributed by atoms with Gasteiger partial charge in [-0.1, -0.05) is 0 Å². The van der Waals surface area contributed by atoms with Crippen LogP contribution in [0.2, 0.25) is 0 Å². The summed E-state index contributed by atoms with van der Waals surface area (Å²) in [4.78, 5) is 4.37. The zero-order valence-corrected chi connectivity index (χ0v) is 11.9. The van der Waals surface area contributed by atoms with Gasteiger partial charge in [0.25, 0.3) is 0 Å². The van der Waals surface area contributed by atoms with E-state index in [2.05, 4.69) is 10.3 Å². The summed E-state index contributed by atoms with van der Waals surface area (Å²) in [5.74, 6) is 1.95. The van der Waals surface area contributed by atoms with Gasteiger partial charge in [-0.05, 0) is 30.9 Å². The van der Waals surface area contributed by atoms with Gasteiger partial charge >= 0.3 is 0 Å². The van der Waals surface area contributed by atoms with Gasteiger partial charge < -0.3 is 25.3 Å². The molecule has 0 unspecified atom stereocenters. The summed E-state index contributed by atoms with van der Waals surface area (Å²) in [5, 5.41) is 3.18. The van der Waals surface area contributed by atoms with Gasteiger partial charge in [-0.3, -0.25) is 0 Å². The number of nitrogens with one attached hydrogen (secondary N) is 1. The number of methoxy groups -OCH3 is 1. The Balaban J connectivity index is 1.71. The lowest BCUT2D eigenvalue weighted by atomic mass is 10.4. The van der Waals surface area contributed by atoms with Crippen molar-refractivity contribution < 1.29 is 14.2 Å². The van der Waals surface area contributed by atoms with Gasteiger partial charge in [-0.2, -0.15) is 4.98 Å². The van der Waals surface area contributed by atoms with Crippen LogP contribution in [0.5, 0.6) is 5.88 Å². The molecular formula is C14H23N3O3. The molecule has 0 bridgehead atoms. The molecule has 0 amide bonds. The van der Waals surface area contributed by atoms with Gasteiger partial charge in [-0.15, -0.1) is 0 Å². The molecule has 6 nitrogen and oxygen atoms in total. The van der Waals surface area contributed by atoms with E-state index in [4.69, 9.17) is 19.9 Å². The highest BCUT2D eigenvalue weighted by Crippen LogP contribution is 2.30. The molecule has 6 heteroatoms. The van der Waals surface area contributed by atoms with E-state index in [-0.39, 0.29) is 0 Å². The molecule has 0 spiro atoms. The van der Waals surface area contributed by atoms with Crippen LogP contribution in [0.15, 0.2) is 12.1 Å². The van der Waals surface area contributed by atoms with Gasteiger partial charge in [0.05, 0.1) is 32.1 Å². The quantitative estimate of drug-likeness (QED) is 0.633. The number of nitrogen functional groups attached to an aromatic ring is 1. The van der Waals surface area contributed by atoms with Crippen LogP contribution >= 0.6 is 0 Å². The maximum Gasteiger partial charge on any atom is 0.239 e. The topological polar surface area (TPSA) is 78.6 Å². The highest BCUT2D eigenvalue weighted by molar-refractivity contribution is 5.53. The van der Waals surface area contributed by atoms with Gasteiger partial charge in [0.2, 0.25) is 5.88 Å². The molecule has 2 rings (SSSR count). The Kier molecular flexibility index (Phi) is 5.88. The summed E-state index contributed by atoms with van der Waals surface area (Å²) in [6, 6.07) is 3.65. The Morgan fingerprint density at radius 1 is 1.30 bits per heavy atom. The molecular weight excluding hydrogens is 258 g/mol. The monoisotopic (exact) mass is 281 g/mol. The molecule has 0 aromatic carbocycles. The summed E-state index contributed by atoms with van der Waals surface area (Å²) in [6.07, 6.45) is 2.49. The molecule has 1 aromatic rings. The molecule has 0 atom stereocenters. The summed E-state index contributed by atoms with van der Waals surface area (Å²) < 4.78 is 15.9. The fourth-order valence-corrected chi connectivity index (χ4v) is 1.64. The van der Waals surface area contributed by atoms with E-state index in [1.165, 1.54) is 12.8 Å². The van der Waals surface area contributed by atoms with Crippen LogP contribution in [-0.4, -0.2) is 45.1 Å². The summed E-state index contributed by atoms with van der Waals surface area (Å²) in [6.45, 7) is 3.21. The van der Waals surface area contributed by atoms with Crippen LogP contribution in [-0.2, 0) is 9.47 Å². The van der Waals surface area contributed by atoms with E-state index in [9.17, 15) is 0 Å². The lowest BCUT2D eigenvalue weighted by Gasteiger charge is -2.10. The zero-order chi connectivity index (χ0) is 14.2. The predicted octanol–water partition coefficient (Wildman–Crippen LogP) is 1.53. The van der Waals surface area contributed by atoms with Crippen LogP contribution < -0.4 is 15.8 Å². The molecule has 0 saturated heterocycles. The van der Waals surface area contributed by atoms with E-state index in [0.29, 0.717) is 50.5 Å².